The Morgan fingerprint density at radius 1 is 1.15 bits per heavy atom. The molecule has 1 aromatic rings. The molecule has 0 saturated carbocycles. The molecule has 0 unspecified atom stereocenters. The van der Waals surface area contributed by atoms with Crippen molar-refractivity contribution < 1.29 is 5.11 Å². The molecule has 1 nitrogen and oxygen atoms in total. The van der Waals surface area contributed by atoms with E-state index in [-0.39, 0.29) is 16.2 Å². The number of phenolic OH excluding ortho intramolecular Hbond substituents is 1. The van der Waals surface area contributed by atoms with Gasteiger partial charge in [-0.1, -0.05) is 50.0 Å². The molecule has 1 aromatic carbocycles. The van der Waals surface area contributed by atoms with Crippen molar-refractivity contribution in [3.05, 3.63) is 27.7 Å². The van der Waals surface area contributed by atoms with Crippen LogP contribution in [0.1, 0.15) is 26.3 Å². The molecule has 0 aliphatic carbocycles. The molecule has 0 heterocycles. The summed E-state index contributed by atoms with van der Waals surface area (Å²) in [6.45, 7) is 6.09. The number of phenols is 1. The molecule has 13 heavy (non-hydrogen) atoms. The molecule has 0 fully saturated rings. The van der Waals surface area contributed by atoms with Gasteiger partial charge in [0.2, 0.25) is 0 Å². The summed E-state index contributed by atoms with van der Waals surface area (Å²) < 4.78 is 0. The second kappa shape index (κ2) is 3.39. The molecule has 3 heteroatoms. The molecule has 0 saturated heterocycles. The van der Waals surface area contributed by atoms with Gasteiger partial charge in [0.25, 0.3) is 0 Å². The molecular formula is C10H12Cl2O. The first kappa shape index (κ1) is 10.7. The van der Waals surface area contributed by atoms with Crippen molar-refractivity contribution in [1.82, 2.24) is 0 Å². The molecular weight excluding hydrogens is 207 g/mol. The van der Waals surface area contributed by atoms with Gasteiger partial charge in [0, 0.05) is 0 Å². The fraction of sp³-hybridized carbons (Fsp3) is 0.400. The van der Waals surface area contributed by atoms with Crippen molar-refractivity contribution in [2.75, 3.05) is 0 Å². The fourth-order valence-electron chi connectivity index (χ4n) is 1.12. The van der Waals surface area contributed by atoms with Crippen molar-refractivity contribution in [2.24, 2.45) is 0 Å². The molecule has 72 valence electrons. The third kappa shape index (κ3) is 2.09. The zero-order valence-electron chi connectivity index (χ0n) is 7.86. The first-order valence-corrected chi connectivity index (χ1v) is 4.77. The third-order valence-corrected chi connectivity index (χ3v) is 2.56. The summed E-state index contributed by atoms with van der Waals surface area (Å²) in [4.78, 5) is 0. The predicted octanol–water partition coefficient (Wildman–Crippen LogP) is 4.00. The van der Waals surface area contributed by atoms with Crippen molar-refractivity contribution in [3.63, 3.8) is 0 Å². The lowest BCUT2D eigenvalue weighted by atomic mass is 9.87. The zero-order chi connectivity index (χ0) is 10.2. The molecule has 0 aliphatic heterocycles. The van der Waals surface area contributed by atoms with Gasteiger partial charge in [-0.05, 0) is 17.0 Å². The quantitative estimate of drug-likeness (QED) is 0.699. The van der Waals surface area contributed by atoms with Gasteiger partial charge in [0.15, 0.2) is 5.75 Å². The number of halogens is 2. The lowest BCUT2D eigenvalue weighted by Gasteiger charge is -2.21. The van der Waals surface area contributed by atoms with Crippen molar-refractivity contribution in [1.29, 1.82) is 0 Å². The molecule has 1 N–H and O–H groups in total. The topological polar surface area (TPSA) is 20.2 Å². The van der Waals surface area contributed by atoms with E-state index in [1.54, 1.807) is 6.07 Å². The zero-order valence-corrected chi connectivity index (χ0v) is 9.37. The van der Waals surface area contributed by atoms with Crippen LogP contribution >= 0.6 is 23.2 Å². The Kier molecular flexibility index (Phi) is 2.79. The van der Waals surface area contributed by atoms with E-state index in [4.69, 9.17) is 23.2 Å². The maximum Gasteiger partial charge on any atom is 0.153 e. The molecule has 0 aliphatic rings. The summed E-state index contributed by atoms with van der Waals surface area (Å²) in [5, 5.41) is 10.1. The van der Waals surface area contributed by atoms with E-state index >= 15 is 0 Å². The average Bonchev–Trinajstić information content (AvgIpc) is 1.98. The number of rotatable bonds is 0. The third-order valence-electron chi connectivity index (χ3n) is 1.87. The van der Waals surface area contributed by atoms with Gasteiger partial charge < -0.3 is 5.11 Å². The Labute approximate surface area is 88.3 Å². The highest BCUT2D eigenvalue weighted by Gasteiger charge is 2.20. The van der Waals surface area contributed by atoms with E-state index in [2.05, 4.69) is 0 Å². The fourth-order valence-corrected chi connectivity index (χ4v) is 1.77. The van der Waals surface area contributed by atoms with Crippen molar-refractivity contribution >= 4 is 23.2 Å². The molecule has 0 aromatic heterocycles. The van der Waals surface area contributed by atoms with Crippen LogP contribution < -0.4 is 0 Å². The Balaban J connectivity index is 3.35. The molecule has 0 bridgehead atoms. The van der Waals surface area contributed by atoms with E-state index in [0.717, 1.165) is 5.56 Å². The van der Waals surface area contributed by atoms with E-state index in [9.17, 15) is 5.11 Å². The Morgan fingerprint density at radius 2 is 1.69 bits per heavy atom. The Morgan fingerprint density at radius 3 is 2.15 bits per heavy atom. The van der Waals surface area contributed by atoms with Gasteiger partial charge in [-0.2, -0.15) is 0 Å². The van der Waals surface area contributed by atoms with E-state index in [1.807, 2.05) is 26.8 Å². The summed E-state index contributed by atoms with van der Waals surface area (Å²) in [5.41, 5.74) is 0.815. The lowest BCUT2D eigenvalue weighted by Crippen LogP contribution is -2.11. The van der Waals surface area contributed by atoms with Crippen molar-refractivity contribution in [2.45, 2.75) is 26.2 Å². The van der Waals surface area contributed by atoms with Crippen LogP contribution in [0, 0.1) is 0 Å². The minimum absolute atomic E-state index is 0.0317. The Bertz CT molecular complexity index is 326. The number of hydrogen-bond acceptors (Lipinski definition) is 1. The highest BCUT2D eigenvalue weighted by Crippen LogP contribution is 2.39. The standard InChI is InChI=1S/C10H12Cl2O/c1-10(2,3)6-4-5-7(11)9(13)8(6)12/h4-5,13H,1-3H3. The molecule has 0 atom stereocenters. The largest absolute Gasteiger partial charge is 0.505 e. The highest BCUT2D eigenvalue weighted by molar-refractivity contribution is 6.37. The number of benzene rings is 1. The van der Waals surface area contributed by atoms with Crippen molar-refractivity contribution in [3.8, 4) is 5.75 Å². The van der Waals surface area contributed by atoms with Crippen LogP contribution in [0.4, 0.5) is 0 Å². The van der Waals surface area contributed by atoms with Gasteiger partial charge in [-0.25, -0.2) is 0 Å². The van der Waals surface area contributed by atoms with Gasteiger partial charge >= 0.3 is 0 Å². The predicted molar refractivity (Wildman–Crippen MR) is 56.8 cm³/mol. The summed E-state index contributed by atoms with van der Waals surface area (Å²) >= 11 is 11.7. The average molecular weight is 219 g/mol. The SMILES string of the molecule is CC(C)(C)c1ccc(Cl)c(O)c1Cl. The number of hydrogen-bond donors (Lipinski definition) is 1. The molecule has 1 rings (SSSR count). The van der Waals surface area contributed by atoms with Crippen LogP contribution in [-0.4, -0.2) is 5.11 Å². The first-order chi connectivity index (χ1) is 5.84. The summed E-state index contributed by atoms with van der Waals surface area (Å²) in [6, 6.07) is 3.49. The van der Waals surface area contributed by atoms with Crippen LogP contribution in [0.2, 0.25) is 10.0 Å². The molecule has 0 spiro atoms. The summed E-state index contributed by atoms with van der Waals surface area (Å²) in [5.74, 6) is -0.0317. The van der Waals surface area contributed by atoms with Gasteiger partial charge in [0.05, 0.1) is 10.0 Å². The maximum absolute atomic E-state index is 9.49. The van der Waals surface area contributed by atoms with Crippen LogP contribution in [0.3, 0.4) is 0 Å². The summed E-state index contributed by atoms with van der Waals surface area (Å²) in [6.07, 6.45) is 0. The van der Waals surface area contributed by atoms with Gasteiger partial charge in [0.1, 0.15) is 0 Å². The second-order valence-corrected chi connectivity index (χ2v) is 4.79. The van der Waals surface area contributed by atoms with Gasteiger partial charge in [-0.3, -0.25) is 0 Å². The lowest BCUT2D eigenvalue weighted by molar-refractivity contribution is 0.471. The number of aromatic hydroxyl groups is 1. The van der Waals surface area contributed by atoms with E-state index < -0.39 is 0 Å². The van der Waals surface area contributed by atoms with Crippen LogP contribution in [0.5, 0.6) is 5.75 Å². The smallest absolute Gasteiger partial charge is 0.153 e. The molecule has 0 radical (unpaired) electrons. The van der Waals surface area contributed by atoms with E-state index in [0.29, 0.717) is 5.02 Å². The van der Waals surface area contributed by atoms with Crippen LogP contribution in [0.25, 0.3) is 0 Å². The maximum atomic E-state index is 9.49. The Hall–Kier alpha value is -0.400. The van der Waals surface area contributed by atoms with Crippen LogP contribution in [-0.2, 0) is 5.41 Å². The van der Waals surface area contributed by atoms with E-state index in [1.165, 1.54) is 0 Å². The first-order valence-electron chi connectivity index (χ1n) is 4.01. The normalized spacial score (nSPS) is 11.8. The minimum atomic E-state index is -0.0842. The van der Waals surface area contributed by atoms with Gasteiger partial charge in [-0.15, -0.1) is 0 Å². The highest BCUT2D eigenvalue weighted by atomic mass is 35.5. The second-order valence-electron chi connectivity index (χ2n) is 4.01. The summed E-state index contributed by atoms with van der Waals surface area (Å²) in [7, 11) is 0. The molecule has 0 amide bonds. The minimum Gasteiger partial charge on any atom is -0.505 e. The monoisotopic (exact) mass is 218 g/mol. The van der Waals surface area contributed by atoms with Crippen LogP contribution in [0.15, 0.2) is 12.1 Å².